The average Bonchev–Trinajstić information content (AvgIpc) is 2.23. The first-order valence-corrected chi connectivity index (χ1v) is 6.72. The summed E-state index contributed by atoms with van der Waals surface area (Å²) in [6.07, 6.45) is 1.12. The number of aliphatic hydroxyl groups excluding tert-OH is 1. The molecule has 0 aliphatic rings. The highest BCUT2D eigenvalue weighted by atomic mass is 32.2. The number of rotatable bonds is 8. The molecule has 0 saturated heterocycles. The molecule has 0 rings (SSSR count). The van der Waals surface area contributed by atoms with Crippen LogP contribution in [-0.4, -0.2) is 45.1 Å². The summed E-state index contributed by atoms with van der Waals surface area (Å²) in [5.41, 5.74) is -0.730. The van der Waals surface area contributed by atoms with Gasteiger partial charge in [0, 0.05) is 7.11 Å². The van der Waals surface area contributed by atoms with Crippen LogP contribution in [0, 0.1) is 0 Å². The Labute approximate surface area is 91.9 Å². The summed E-state index contributed by atoms with van der Waals surface area (Å²) < 4.78 is 30.4. The molecule has 0 aromatic rings. The van der Waals surface area contributed by atoms with Crippen molar-refractivity contribution in [2.24, 2.45) is 0 Å². The van der Waals surface area contributed by atoms with Gasteiger partial charge in [-0.1, -0.05) is 13.8 Å². The van der Waals surface area contributed by atoms with Crippen molar-refractivity contribution < 1.29 is 18.3 Å². The first-order valence-electron chi connectivity index (χ1n) is 5.06. The van der Waals surface area contributed by atoms with Gasteiger partial charge in [-0.15, -0.1) is 0 Å². The van der Waals surface area contributed by atoms with Crippen LogP contribution in [0.5, 0.6) is 0 Å². The Balaban J connectivity index is 4.52. The Bertz CT molecular complexity index is 251. The van der Waals surface area contributed by atoms with Gasteiger partial charge in [-0.3, -0.25) is 0 Å². The average molecular weight is 239 g/mol. The minimum Gasteiger partial charge on any atom is -0.394 e. The van der Waals surface area contributed by atoms with Gasteiger partial charge in [-0.2, -0.15) is 0 Å². The molecule has 0 heterocycles. The number of sulfonamides is 1. The van der Waals surface area contributed by atoms with Crippen molar-refractivity contribution in [3.63, 3.8) is 0 Å². The van der Waals surface area contributed by atoms with Crippen molar-refractivity contribution in [1.82, 2.24) is 4.72 Å². The topological polar surface area (TPSA) is 75.6 Å². The maximum atomic E-state index is 11.6. The van der Waals surface area contributed by atoms with Crippen molar-refractivity contribution in [2.75, 3.05) is 26.1 Å². The van der Waals surface area contributed by atoms with Crippen LogP contribution in [0.15, 0.2) is 0 Å². The van der Waals surface area contributed by atoms with E-state index in [0.717, 1.165) is 0 Å². The molecule has 0 aliphatic carbocycles. The van der Waals surface area contributed by atoms with Gasteiger partial charge in [-0.25, -0.2) is 13.1 Å². The highest BCUT2D eigenvalue weighted by Crippen LogP contribution is 2.15. The number of nitrogens with one attached hydrogen (secondary N) is 1. The van der Waals surface area contributed by atoms with Crippen LogP contribution in [0.3, 0.4) is 0 Å². The molecule has 92 valence electrons. The second kappa shape index (κ2) is 6.42. The quantitative estimate of drug-likeness (QED) is 0.630. The first kappa shape index (κ1) is 14.8. The molecule has 0 amide bonds. The Kier molecular flexibility index (Phi) is 6.35. The van der Waals surface area contributed by atoms with Crippen molar-refractivity contribution in [1.29, 1.82) is 0 Å². The minimum atomic E-state index is -3.37. The fraction of sp³-hybridized carbons (Fsp3) is 1.00. The van der Waals surface area contributed by atoms with Gasteiger partial charge in [0.15, 0.2) is 0 Å². The zero-order valence-electron chi connectivity index (χ0n) is 9.62. The third-order valence-electron chi connectivity index (χ3n) is 2.58. The van der Waals surface area contributed by atoms with Gasteiger partial charge in [0.1, 0.15) is 0 Å². The lowest BCUT2D eigenvalue weighted by molar-refractivity contribution is 0.171. The second-order valence-corrected chi connectivity index (χ2v) is 5.40. The van der Waals surface area contributed by atoms with Crippen molar-refractivity contribution in [2.45, 2.75) is 32.2 Å². The normalized spacial score (nSPS) is 13.1. The SMILES string of the molecule is CCC(CC)(CO)NS(=O)(=O)CCOC. The molecular weight excluding hydrogens is 218 g/mol. The van der Waals surface area contributed by atoms with E-state index >= 15 is 0 Å². The molecule has 0 aliphatic heterocycles. The lowest BCUT2D eigenvalue weighted by atomic mass is 9.96. The first-order chi connectivity index (χ1) is 6.95. The largest absolute Gasteiger partial charge is 0.394 e. The molecule has 0 fully saturated rings. The maximum Gasteiger partial charge on any atom is 0.214 e. The van der Waals surface area contributed by atoms with E-state index in [0.29, 0.717) is 12.8 Å². The number of methoxy groups -OCH3 is 1. The van der Waals surface area contributed by atoms with Gasteiger partial charge in [0.25, 0.3) is 0 Å². The summed E-state index contributed by atoms with van der Waals surface area (Å²) in [5.74, 6) is -0.0781. The Hall–Kier alpha value is -0.170. The fourth-order valence-electron chi connectivity index (χ4n) is 1.22. The molecule has 6 heteroatoms. The van der Waals surface area contributed by atoms with E-state index in [1.165, 1.54) is 7.11 Å². The predicted molar refractivity (Wildman–Crippen MR) is 59.2 cm³/mol. The molecule has 0 spiro atoms. The Morgan fingerprint density at radius 2 is 1.87 bits per heavy atom. The van der Waals surface area contributed by atoms with Crippen LogP contribution in [0.1, 0.15) is 26.7 Å². The standard InChI is InChI=1S/C9H21NO4S/c1-4-9(5-2,8-11)10-15(12,13)7-6-14-3/h10-11H,4-8H2,1-3H3. The summed E-state index contributed by atoms with van der Waals surface area (Å²) >= 11 is 0. The van der Waals surface area contributed by atoms with E-state index in [-0.39, 0.29) is 19.0 Å². The minimum absolute atomic E-state index is 0.0781. The van der Waals surface area contributed by atoms with E-state index in [4.69, 9.17) is 4.74 Å². The lowest BCUT2D eigenvalue weighted by Crippen LogP contribution is -2.51. The van der Waals surface area contributed by atoms with E-state index in [1.54, 1.807) is 0 Å². The van der Waals surface area contributed by atoms with Crippen LogP contribution >= 0.6 is 0 Å². The van der Waals surface area contributed by atoms with Gasteiger partial charge < -0.3 is 9.84 Å². The van der Waals surface area contributed by atoms with E-state index < -0.39 is 15.6 Å². The van der Waals surface area contributed by atoms with Crippen LogP contribution in [-0.2, 0) is 14.8 Å². The Morgan fingerprint density at radius 3 is 2.20 bits per heavy atom. The molecule has 5 nitrogen and oxygen atoms in total. The number of hydrogen-bond acceptors (Lipinski definition) is 4. The van der Waals surface area contributed by atoms with Gasteiger partial charge in [-0.05, 0) is 12.8 Å². The summed E-state index contributed by atoms with van der Waals surface area (Å²) in [7, 11) is -1.92. The molecule has 0 bridgehead atoms. The summed E-state index contributed by atoms with van der Waals surface area (Å²) in [5, 5.41) is 9.21. The highest BCUT2D eigenvalue weighted by molar-refractivity contribution is 7.89. The van der Waals surface area contributed by atoms with Crippen LogP contribution in [0.4, 0.5) is 0 Å². The molecule has 0 aromatic heterocycles. The van der Waals surface area contributed by atoms with Crippen molar-refractivity contribution >= 4 is 10.0 Å². The van der Waals surface area contributed by atoms with Crippen LogP contribution in [0.25, 0.3) is 0 Å². The van der Waals surface area contributed by atoms with E-state index in [2.05, 4.69) is 4.72 Å². The third-order valence-corrected chi connectivity index (χ3v) is 4.03. The van der Waals surface area contributed by atoms with E-state index in [1.807, 2.05) is 13.8 Å². The molecule has 0 radical (unpaired) electrons. The van der Waals surface area contributed by atoms with Gasteiger partial charge >= 0.3 is 0 Å². The number of hydrogen-bond donors (Lipinski definition) is 2. The molecular formula is C9H21NO4S. The maximum absolute atomic E-state index is 11.6. The third kappa shape index (κ3) is 4.92. The highest BCUT2D eigenvalue weighted by Gasteiger charge is 2.30. The molecule has 0 unspecified atom stereocenters. The number of aliphatic hydroxyl groups is 1. The van der Waals surface area contributed by atoms with Gasteiger partial charge in [0.2, 0.25) is 10.0 Å². The summed E-state index contributed by atoms with van der Waals surface area (Å²) in [6, 6.07) is 0. The summed E-state index contributed by atoms with van der Waals surface area (Å²) in [6.45, 7) is 3.66. The molecule has 0 atom stereocenters. The van der Waals surface area contributed by atoms with Crippen molar-refractivity contribution in [3.8, 4) is 0 Å². The zero-order valence-corrected chi connectivity index (χ0v) is 10.4. The fourth-order valence-corrected chi connectivity index (χ4v) is 2.73. The van der Waals surface area contributed by atoms with Crippen LogP contribution in [0.2, 0.25) is 0 Å². The van der Waals surface area contributed by atoms with E-state index in [9.17, 15) is 13.5 Å². The molecule has 0 saturated carbocycles. The monoisotopic (exact) mass is 239 g/mol. The molecule has 15 heavy (non-hydrogen) atoms. The molecule has 2 N–H and O–H groups in total. The smallest absolute Gasteiger partial charge is 0.214 e. The zero-order chi connectivity index (χ0) is 11.9. The second-order valence-electron chi connectivity index (χ2n) is 3.56. The number of ether oxygens (including phenoxy) is 1. The van der Waals surface area contributed by atoms with Crippen LogP contribution < -0.4 is 4.72 Å². The Morgan fingerprint density at radius 1 is 1.33 bits per heavy atom. The van der Waals surface area contributed by atoms with Crippen molar-refractivity contribution in [3.05, 3.63) is 0 Å². The van der Waals surface area contributed by atoms with Gasteiger partial charge in [0.05, 0.1) is 24.5 Å². The lowest BCUT2D eigenvalue weighted by Gasteiger charge is -2.30. The molecule has 0 aromatic carbocycles. The summed E-state index contributed by atoms with van der Waals surface area (Å²) in [4.78, 5) is 0. The predicted octanol–water partition coefficient (Wildman–Crippen LogP) is 0.103.